The first-order valence-electron chi connectivity index (χ1n) is 9.07. The normalized spacial score (nSPS) is 21.2. The van der Waals surface area contributed by atoms with Crippen molar-refractivity contribution >= 4 is 5.91 Å². The SMILES string of the molecule is CCCC(N)C(=O)NC(CC)C1CN(Cc2ccccc2)CCO1. The van der Waals surface area contributed by atoms with Crippen LogP contribution in [0.4, 0.5) is 0 Å². The molecular formula is C19H31N3O2. The zero-order valence-electron chi connectivity index (χ0n) is 14.9. The van der Waals surface area contributed by atoms with Gasteiger partial charge in [-0.05, 0) is 18.4 Å². The summed E-state index contributed by atoms with van der Waals surface area (Å²) in [4.78, 5) is 14.6. The Labute approximate surface area is 145 Å². The lowest BCUT2D eigenvalue weighted by Crippen LogP contribution is -2.55. The molecule has 3 atom stereocenters. The Balaban J connectivity index is 1.90. The second kappa shape index (κ2) is 9.77. The molecule has 5 heteroatoms. The average molecular weight is 333 g/mol. The summed E-state index contributed by atoms with van der Waals surface area (Å²) in [5.41, 5.74) is 7.23. The maximum Gasteiger partial charge on any atom is 0.237 e. The summed E-state index contributed by atoms with van der Waals surface area (Å²) < 4.78 is 5.94. The first kappa shape index (κ1) is 18.9. The van der Waals surface area contributed by atoms with E-state index in [0.717, 1.165) is 32.5 Å². The van der Waals surface area contributed by atoms with Crippen LogP contribution < -0.4 is 11.1 Å². The Morgan fingerprint density at radius 1 is 1.38 bits per heavy atom. The predicted molar refractivity (Wildman–Crippen MR) is 96.6 cm³/mol. The number of nitrogens with two attached hydrogens (primary N) is 1. The number of nitrogens with one attached hydrogen (secondary N) is 1. The highest BCUT2D eigenvalue weighted by molar-refractivity contribution is 5.81. The fraction of sp³-hybridized carbons (Fsp3) is 0.632. The van der Waals surface area contributed by atoms with Gasteiger partial charge in [-0.15, -0.1) is 0 Å². The fourth-order valence-corrected chi connectivity index (χ4v) is 3.15. The lowest BCUT2D eigenvalue weighted by Gasteiger charge is -2.37. The molecule has 0 aliphatic carbocycles. The largest absolute Gasteiger partial charge is 0.373 e. The van der Waals surface area contributed by atoms with E-state index in [9.17, 15) is 4.79 Å². The average Bonchev–Trinajstić information content (AvgIpc) is 2.60. The zero-order valence-corrected chi connectivity index (χ0v) is 14.9. The first-order valence-corrected chi connectivity index (χ1v) is 9.07. The lowest BCUT2D eigenvalue weighted by atomic mass is 10.0. The van der Waals surface area contributed by atoms with Gasteiger partial charge in [-0.2, -0.15) is 0 Å². The van der Waals surface area contributed by atoms with Gasteiger partial charge in [0.2, 0.25) is 5.91 Å². The van der Waals surface area contributed by atoms with E-state index < -0.39 is 6.04 Å². The molecule has 1 amide bonds. The van der Waals surface area contributed by atoms with Crippen molar-refractivity contribution in [3.05, 3.63) is 35.9 Å². The molecule has 1 aliphatic heterocycles. The smallest absolute Gasteiger partial charge is 0.237 e. The Hall–Kier alpha value is -1.43. The van der Waals surface area contributed by atoms with E-state index in [1.165, 1.54) is 5.56 Å². The summed E-state index contributed by atoms with van der Waals surface area (Å²) in [5.74, 6) is -0.0625. The second-order valence-electron chi connectivity index (χ2n) is 6.55. The Bertz CT molecular complexity index is 495. The molecule has 3 unspecified atom stereocenters. The minimum absolute atomic E-state index is 0.0129. The number of carbonyl (C=O) groups excluding carboxylic acids is 1. The molecule has 134 valence electrons. The van der Waals surface area contributed by atoms with Crippen LogP contribution in [0.15, 0.2) is 30.3 Å². The predicted octanol–water partition coefficient (Wildman–Crippen LogP) is 1.91. The number of rotatable bonds is 8. The summed E-state index contributed by atoms with van der Waals surface area (Å²) >= 11 is 0. The van der Waals surface area contributed by atoms with Crippen LogP contribution in [0.25, 0.3) is 0 Å². The third-order valence-electron chi connectivity index (χ3n) is 4.58. The van der Waals surface area contributed by atoms with Crippen molar-refractivity contribution in [1.29, 1.82) is 0 Å². The van der Waals surface area contributed by atoms with Crippen LogP contribution in [-0.2, 0) is 16.1 Å². The van der Waals surface area contributed by atoms with Crippen molar-refractivity contribution < 1.29 is 9.53 Å². The van der Waals surface area contributed by atoms with Gasteiger partial charge in [-0.25, -0.2) is 0 Å². The van der Waals surface area contributed by atoms with Gasteiger partial charge in [0.25, 0.3) is 0 Å². The van der Waals surface area contributed by atoms with Crippen LogP contribution in [0.3, 0.4) is 0 Å². The molecule has 24 heavy (non-hydrogen) atoms. The molecule has 5 nitrogen and oxygen atoms in total. The third kappa shape index (κ3) is 5.58. The Morgan fingerprint density at radius 2 is 2.12 bits per heavy atom. The summed E-state index contributed by atoms with van der Waals surface area (Å²) in [6.07, 6.45) is 2.49. The van der Waals surface area contributed by atoms with Gasteiger partial charge in [0, 0.05) is 19.6 Å². The summed E-state index contributed by atoms with van der Waals surface area (Å²) in [7, 11) is 0. The number of nitrogens with zero attached hydrogens (tertiary/aromatic N) is 1. The molecule has 1 aromatic carbocycles. The van der Waals surface area contributed by atoms with Crippen LogP contribution in [0.5, 0.6) is 0 Å². The standard InChI is InChI=1S/C19H31N3O2/c1-3-8-16(20)19(23)21-17(4-2)18-14-22(11-12-24-18)13-15-9-6-5-7-10-15/h5-7,9-10,16-18H,3-4,8,11-14,20H2,1-2H3,(H,21,23). The highest BCUT2D eigenvalue weighted by Crippen LogP contribution is 2.14. The number of carbonyl (C=O) groups is 1. The zero-order chi connectivity index (χ0) is 17.4. The molecule has 1 fully saturated rings. The van der Waals surface area contributed by atoms with Crippen molar-refractivity contribution in [3.8, 4) is 0 Å². The summed E-state index contributed by atoms with van der Waals surface area (Å²) in [6.45, 7) is 7.49. The van der Waals surface area contributed by atoms with E-state index in [-0.39, 0.29) is 18.1 Å². The quantitative estimate of drug-likeness (QED) is 0.762. The van der Waals surface area contributed by atoms with E-state index in [0.29, 0.717) is 13.0 Å². The molecule has 0 saturated carbocycles. The van der Waals surface area contributed by atoms with Gasteiger partial charge in [0.15, 0.2) is 0 Å². The highest BCUT2D eigenvalue weighted by Gasteiger charge is 2.29. The molecule has 1 aliphatic rings. The number of benzene rings is 1. The molecule has 2 rings (SSSR count). The van der Waals surface area contributed by atoms with Crippen LogP contribution in [-0.4, -0.2) is 48.7 Å². The number of hydrogen-bond donors (Lipinski definition) is 2. The van der Waals surface area contributed by atoms with Crippen LogP contribution >= 0.6 is 0 Å². The molecule has 3 N–H and O–H groups in total. The maximum absolute atomic E-state index is 12.2. The Morgan fingerprint density at radius 3 is 2.79 bits per heavy atom. The number of amides is 1. The molecule has 1 heterocycles. The molecular weight excluding hydrogens is 302 g/mol. The highest BCUT2D eigenvalue weighted by atomic mass is 16.5. The molecule has 0 radical (unpaired) electrons. The minimum Gasteiger partial charge on any atom is -0.373 e. The monoisotopic (exact) mass is 333 g/mol. The van der Waals surface area contributed by atoms with Gasteiger partial charge in [0.05, 0.1) is 24.8 Å². The van der Waals surface area contributed by atoms with Crippen LogP contribution in [0.1, 0.15) is 38.7 Å². The van der Waals surface area contributed by atoms with Gasteiger partial charge >= 0.3 is 0 Å². The minimum atomic E-state index is -0.423. The van der Waals surface area contributed by atoms with E-state index in [1.807, 2.05) is 13.0 Å². The molecule has 1 saturated heterocycles. The van der Waals surface area contributed by atoms with E-state index in [4.69, 9.17) is 10.5 Å². The van der Waals surface area contributed by atoms with Crippen molar-refractivity contribution in [3.63, 3.8) is 0 Å². The van der Waals surface area contributed by atoms with Gasteiger partial charge in [-0.1, -0.05) is 50.6 Å². The Kier molecular flexibility index (Phi) is 7.69. The van der Waals surface area contributed by atoms with Gasteiger partial charge in [0.1, 0.15) is 0 Å². The fourth-order valence-electron chi connectivity index (χ4n) is 3.15. The number of hydrogen-bond acceptors (Lipinski definition) is 4. The molecule has 0 aromatic heterocycles. The van der Waals surface area contributed by atoms with Crippen molar-refractivity contribution in [2.45, 2.75) is 57.8 Å². The number of morpholine rings is 1. The van der Waals surface area contributed by atoms with E-state index in [2.05, 4.69) is 41.4 Å². The number of ether oxygens (including phenoxy) is 1. The summed E-state index contributed by atoms with van der Waals surface area (Å²) in [5, 5.41) is 3.09. The van der Waals surface area contributed by atoms with Crippen LogP contribution in [0.2, 0.25) is 0 Å². The van der Waals surface area contributed by atoms with Crippen molar-refractivity contribution in [2.24, 2.45) is 5.73 Å². The molecule has 0 bridgehead atoms. The van der Waals surface area contributed by atoms with E-state index in [1.54, 1.807) is 0 Å². The lowest BCUT2D eigenvalue weighted by molar-refractivity contribution is -0.125. The van der Waals surface area contributed by atoms with E-state index >= 15 is 0 Å². The van der Waals surface area contributed by atoms with Crippen molar-refractivity contribution in [2.75, 3.05) is 19.7 Å². The molecule has 1 aromatic rings. The topological polar surface area (TPSA) is 67.6 Å². The van der Waals surface area contributed by atoms with Crippen molar-refractivity contribution in [1.82, 2.24) is 10.2 Å². The maximum atomic E-state index is 12.2. The first-order chi connectivity index (χ1) is 11.6. The molecule has 0 spiro atoms. The van der Waals surface area contributed by atoms with Gasteiger partial charge in [-0.3, -0.25) is 9.69 Å². The summed E-state index contributed by atoms with van der Waals surface area (Å²) in [6, 6.07) is 10.1. The second-order valence-corrected chi connectivity index (χ2v) is 6.55. The third-order valence-corrected chi connectivity index (χ3v) is 4.58. The van der Waals surface area contributed by atoms with Gasteiger partial charge < -0.3 is 15.8 Å². The van der Waals surface area contributed by atoms with Crippen LogP contribution in [0, 0.1) is 0 Å².